The number of hydrogen-bond acceptors (Lipinski definition) is 3. The first-order valence-electron chi connectivity index (χ1n) is 4.57. The first-order chi connectivity index (χ1) is 8.02. The largest absolute Gasteiger partial charge is 0.323 e. The molecular weight excluding hydrogens is 255 g/mol. The lowest BCUT2D eigenvalue weighted by Crippen LogP contribution is -2.08. The maximum absolute atomic E-state index is 13.2. The second-order valence-electron chi connectivity index (χ2n) is 3.32. The Morgan fingerprint density at radius 2 is 2.00 bits per heavy atom. The first kappa shape index (κ1) is 11.9. The van der Waals surface area contributed by atoms with Gasteiger partial charge in [-0.2, -0.15) is 0 Å². The van der Waals surface area contributed by atoms with Crippen LogP contribution in [0.25, 0.3) is 10.9 Å². The SMILES string of the molecule is NNc1cc(C(F)F)nc2cc(F)c(Cl)cc12. The highest BCUT2D eigenvalue weighted by atomic mass is 35.5. The van der Waals surface area contributed by atoms with Gasteiger partial charge in [0.15, 0.2) is 0 Å². The molecule has 0 unspecified atom stereocenters. The van der Waals surface area contributed by atoms with E-state index >= 15 is 0 Å². The van der Waals surface area contributed by atoms with Crippen molar-refractivity contribution >= 4 is 28.2 Å². The number of aromatic nitrogens is 1. The topological polar surface area (TPSA) is 50.9 Å². The molecule has 0 radical (unpaired) electrons. The van der Waals surface area contributed by atoms with Crippen LogP contribution in [0.2, 0.25) is 5.02 Å². The smallest absolute Gasteiger partial charge is 0.280 e. The zero-order valence-corrected chi connectivity index (χ0v) is 9.10. The molecule has 0 bridgehead atoms. The first-order valence-corrected chi connectivity index (χ1v) is 4.95. The summed E-state index contributed by atoms with van der Waals surface area (Å²) in [5, 5.41) is 0.254. The van der Waals surface area contributed by atoms with Gasteiger partial charge in [-0.15, -0.1) is 0 Å². The lowest BCUT2D eigenvalue weighted by Gasteiger charge is -2.09. The molecule has 0 atom stereocenters. The molecule has 1 heterocycles. The normalized spacial score (nSPS) is 11.2. The van der Waals surface area contributed by atoms with Crippen LogP contribution in [0.15, 0.2) is 18.2 Å². The van der Waals surface area contributed by atoms with Crippen molar-refractivity contribution in [3.8, 4) is 0 Å². The lowest BCUT2D eigenvalue weighted by atomic mass is 10.1. The van der Waals surface area contributed by atoms with Crippen molar-refractivity contribution < 1.29 is 13.2 Å². The summed E-state index contributed by atoms with van der Waals surface area (Å²) >= 11 is 5.60. The molecule has 3 nitrogen and oxygen atoms in total. The predicted molar refractivity (Wildman–Crippen MR) is 59.5 cm³/mol. The minimum Gasteiger partial charge on any atom is -0.323 e. The second kappa shape index (κ2) is 4.38. The van der Waals surface area contributed by atoms with Crippen LogP contribution in [-0.2, 0) is 0 Å². The molecule has 0 amide bonds. The Hall–Kier alpha value is -1.53. The van der Waals surface area contributed by atoms with E-state index < -0.39 is 17.9 Å². The Bertz CT molecular complexity index is 574. The fourth-order valence-corrected chi connectivity index (χ4v) is 1.64. The summed E-state index contributed by atoms with van der Waals surface area (Å²) in [6.45, 7) is 0. The average molecular weight is 262 g/mol. The van der Waals surface area contributed by atoms with Crippen LogP contribution in [0.4, 0.5) is 18.9 Å². The van der Waals surface area contributed by atoms with Gasteiger partial charge in [0.05, 0.1) is 16.2 Å². The summed E-state index contributed by atoms with van der Waals surface area (Å²) in [6, 6.07) is 3.37. The summed E-state index contributed by atoms with van der Waals surface area (Å²) in [4.78, 5) is 3.64. The van der Waals surface area contributed by atoms with Crippen LogP contribution in [-0.4, -0.2) is 4.98 Å². The summed E-state index contributed by atoms with van der Waals surface area (Å²) < 4.78 is 38.3. The Kier molecular flexibility index (Phi) is 3.08. The van der Waals surface area contributed by atoms with Gasteiger partial charge < -0.3 is 5.43 Å². The highest BCUT2D eigenvalue weighted by Gasteiger charge is 2.14. The summed E-state index contributed by atoms with van der Waals surface area (Å²) in [5.74, 6) is 4.49. The van der Waals surface area contributed by atoms with E-state index in [0.29, 0.717) is 5.39 Å². The number of nitrogen functional groups attached to an aromatic ring is 1. The van der Waals surface area contributed by atoms with Gasteiger partial charge in [0.1, 0.15) is 11.5 Å². The average Bonchev–Trinajstić information content (AvgIpc) is 2.29. The Labute approximate surface area is 99.4 Å². The van der Waals surface area contributed by atoms with Crippen molar-refractivity contribution in [2.45, 2.75) is 6.43 Å². The van der Waals surface area contributed by atoms with Gasteiger partial charge in [-0.3, -0.25) is 5.84 Å². The van der Waals surface area contributed by atoms with Crippen molar-refractivity contribution in [1.29, 1.82) is 0 Å². The van der Waals surface area contributed by atoms with Crippen LogP contribution in [0, 0.1) is 5.82 Å². The highest BCUT2D eigenvalue weighted by molar-refractivity contribution is 6.31. The second-order valence-corrected chi connectivity index (χ2v) is 3.73. The number of rotatable bonds is 2. The van der Waals surface area contributed by atoms with Crippen LogP contribution < -0.4 is 11.3 Å². The zero-order valence-electron chi connectivity index (χ0n) is 8.35. The van der Waals surface area contributed by atoms with Crippen molar-refractivity contribution in [3.05, 3.63) is 34.7 Å². The molecule has 1 aromatic heterocycles. The number of benzene rings is 1. The molecule has 0 saturated heterocycles. The zero-order chi connectivity index (χ0) is 12.6. The van der Waals surface area contributed by atoms with E-state index in [2.05, 4.69) is 10.4 Å². The molecule has 1 aromatic carbocycles. The minimum absolute atomic E-state index is 0.0673. The molecule has 17 heavy (non-hydrogen) atoms. The molecule has 0 spiro atoms. The van der Waals surface area contributed by atoms with E-state index in [1.54, 1.807) is 0 Å². The summed E-state index contributed by atoms with van der Waals surface area (Å²) in [6.07, 6.45) is -2.76. The Balaban J connectivity index is 2.78. The predicted octanol–water partition coefficient (Wildman–Crippen LogP) is 3.25. The third kappa shape index (κ3) is 2.13. The van der Waals surface area contributed by atoms with Crippen molar-refractivity contribution in [2.75, 3.05) is 5.43 Å². The molecule has 0 saturated carbocycles. The molecule has 0 aliphatic carbocycles. The van der Waals surface area contributed by atoms with E-state index in [0.717, 1.165) is 12.1 Å². The van der Waals surface area contributed by atoms with Gasteiger partial charge in [-0.25, -0.2) is 18.2 Å². The van der Waals surface area contributed by atoms with Crippen molar-refractivity contribution in [1.82, 2.24) is 4.98 Å². The van der Waals surface area contributed by atoms with E-state index in [1.165, 1.54) is 6.07 Å². The number of nitrogens with one attached hydrogen (secondary N) is 1. The van der Waals surface area contributed by atoms with Crippen molar-refractivity contribution in [2.24, 2.45) is 5.84 Å². The van der Waals surface area contributed by atoms with Crippen molar-refractivity contribution in [3.63, 3.8) is 0 Å². The molecule has 2 rings (SSSR count). The van der Waals surface area contributed by atoms with Gasteiger partial charge in [0.25, 0.3) is 6.43 Å². The maximum atomic E-state index is 13.2. The van der Waals surface area contributed by atoms with Gasteiger partial charge in [-0.1, -0.05) is 11.6 Å². The van der Waals surface area contributed by atoms with E-state index in [4.69, 9.17) is 17.4 Å². The number of nitrogens with zero attached hydrogens (tertiary/aromatic N) is 1. The molecule has 90 valence electrons. The number of halogens is 4. The number of fused-ring (bicyclic) bond motifs is 1. The number of hydrogen-bond donors (Lipinski definition) is 2. The monoisotopic (exact) mass is 261 g/mol. The molecule has 0 aliphatic rings. The fourth-order valence-electron chi connectivity index (χ4n) is 1.47. The standard InChI is InChI=1S/C10H7ClF3N3/c11-5-1-4-7(2-6(5)12)16-9(10(13)14)3-8(4)17-15/h1-3,10H,15H2,(H,16,17). The lowest BCUT2D eigenvalue weighted by molar-refractivity contribution is 0.146. The molecule has 3 N–H and O–H groups in total. The molecule has 0 aliphatic heterocycles. The van der Waals surface area contributed by atoms with Gasteiger partial charge in [0.2, 0.25) is 0 Å². The maximum Gasteiger partial charge on any atom is 0.280 e. The van der Waals surface area contributed by atoms with Gasteiger partial charge in [-0.05, 0) is 12.1 Å². The molecular formula is C10H7ClF3N3. The minimum atomic E-state index is -2.76. The number of nitrogens with two attached hydrogens (primary N) is 1. The van der Waals surface area contributed by atoms with E-state index in [9.17, 15) is 13.2 Å². The van der Waals surface area contributed by atoms with Gasteiger partial charge in [0, 0.05) is 11.5 Å². The van der Waals surface area contributed by atoms with Crippen LogP contribution in [0.3, 0.4) is 0 Å². The van der Waals surface area contributed by atoms with E-state index in [1.807, 2.05) is 0 Å². The Morgan fingerprint density at radius 1 is 1.29 bits per heavy atom. The van der Waals surface area contributed by atoms with Crippen LogP contribution >= 0.6 is 11.6 Å². The molecule has 2 aromatic rings. The molecule has 7 heteroatoms. The van der Waals surface area contributed by atoms with Crippen LogP contribution in [0.1, 0.15) is 12.1 Å². The van der Waals surface area contributed by atoms with E-state index in [-0.39, 0.29) is 16.2 Å². The fraction of sp³-hybridized carbons (Fsp3) is 0.100. The van der Waals surface area contributed by atoms with Crippen LogP contribution in [0.5, 0.6) is 0 Å². The number of alkyl halides is 2. The third-order valence-corrected chi connectivity index (χ3v) is 2.54. The highest BCUT2D eigenvalue weighted by Crippen LogP contribution is 2.30. The number of anilines is 1. The third-order valence-electron chi connectivity index (χ3n) is 2.25. The quantitative estimate of drug-likeness (QED) is 0.644. The summed E-state index contributed by atoms with van der Waals surface area (Å²) in [7, 11) is 0. The molecule has 0 fully saturated rings. The number of hydrazine groups is 1. The van der Waals surface area contributed by atoms with Gasteiger partial charge >= 0.3 is 0 Å². The summed E-state index contributed by atoms with van der Waals surface area (Å²) in [5.41, 5.74) is 2.06. The number of pyridine rings is 1. The Morgan fingerprint density at radius 3 is 2.59 bits per heavy atom.